The van der Waals surface area contributed by atoms with Crippen LogP contribution in [-0.2, 0) is 11.2 Å². The molecule has 0 saturated carbocycles. The third kappa shape index (κ3) is 4.55. The second-order valence-electron chi connectivity index (χ2n) is 4.60. The van der Waals surface area contributed by atoms with E-state index in [0.29, 0.717) is 27.1 Å². The summed E-state index contributed by atoms with van der Waals surface area (Å²) in [5.74, 6) is 0.0501. The molecular weight excluding hydrogens is 327 g/mol. The van der Waals surface area contributed by atoms with E-state index in [9.17, 15) is 9.90 Å². The van der Waals surface area contributed by atoms with E-state index < -0.39 is 12.1 Å². The van der Waals surface area contributed by atoms with Gasteiger partial charge in [0.15, 0.2) is 6.10 Å². The van der Waals surface area contributed by atoms with E-state index in [1.807, 2.05) is 0 Å². The maximum atomic E-state index is 11.4. The Balaban J connectivity index is 2.13. The molecule has 0 aliphatic carbocycles. The molecule has 6 heteroatoms. The molecule has 0 unspecified atom stereocenters. The molecule has 0 bridgehead atoms. The highest BCUT2D eigenvalue weighted by Crippen LogP contribution is 2.22. The SMILES string of the molecule is COc1ccc(O[C@H](Cc2cc(Cl)cc(Cl)c2)C(=O)O)cc1. The smallest absolute Gasteiger partial charge is 0.345 e. The number of ether oxygens (including phenoxy) is 2. The van der Waals surface area contributed by atoms with Crippen molar-refractivity contribution in [2.75, 3.05) is 7.11 Å². The fraction of sp³-hybridized carbons (Fsp3) is 0.188. The normalized spacial score (nSPS) is 11.8. The molecule has 0 amide bonds. The number of benzene rings is 2. The number of halogens is 2. The van der Waals surface area contributed by atoms with Gasteiger partial charge in [-0.25, -0.2) is 4.79 Å². The van der Waals surface area contributed by atoms with Crippen molar-refractivity contribution in [3.05, 3.63) is 58.1 Å². The summed E-state index contributed by atoms with van der Waals surface area (Å²) in [5, 5.41) is 10.2. The summed E-state index contributed by atoms with van der Waals surface area (Å²) in [6.07, 6.45) is -0.885. The number of methoxy groups -OCH3 is 1. The zero-order valence-corrected chi connectivity index (χ0v) is 13.3. The van der Waals surface area contributed by atoms with Gasteiger partial charge in [0.25, 0.3) is 0 Å². The van der Waals surface area contributed by atoms with Crippen molar-refractivity contribution in [1.29, 1.82) is 0 Å². The Morgan fingerprint density at radius 1 is 1.09 bits per heavy atom. The van der Waals surface area contributed by atoms with Gasteiger partial charge in [0.1, 0.15) is 11.5 Å². The molecule has 0 heterocycles. The first-order valence-corrected chi connectivity index (χ1v) is 7.22. The van der Waals surface area contributed by atoms with Gasteiger partial charge in [-0.3, -0.25) is 0 Å². The highest BCUT2D eigenvalue weighted by molar-refractivity contribution is 6.34. The molecule has 2 aromatic rings. The summed E-state index contributed by atoms with van der Waals surface area (Å²) in [7, 11) is 1.55. The Morgan fingerprint density at radius 2 is 1.64 bits per heavy atom. The lowest BCUT2D eigenvalue weighted by Gasteiger charge is -2.16. The fourth-order valence-corrected chi connectivity index (χ4v) is 2.51. The first-order chi connectivity index (χ1) is 10.5. The molecule has 4 nitrogen and oxygen atoms in total. The largest absolute Gasteiger partial charge is 0.497 e. The zero-order chi connectivity index (χ0) is 16.1. The highest BCUT2D eigenvalue weighted by Gasteiger charge is 2.20. The van der Waals surface area contributed by atoms with Crippen molar-refractivity contribution >= 4 is 29.2 Å². The van der Waals surface area contributed by atoms with Crippen LogP contribution in [0.4, 0.5) is 0 Å². The molecule has 1 N–H and O–H groups in total. The number of hydrogen-bond acceptors (Lipinski definition) is 3. The summed E-state index contributed by atoms with van der Waals surface area (Å²) in [4.78, 5) is 11.4. The van der Waals surface area contributed by atoms with Crippen LogP contribution >= 0.6 is 23.2 Å². The van der Waals surface area contributed by atoms with E-state index in [2.05, 4.69) is 0 Å². The maximum Gasteiger partial charge on any atom is 0.345 e. The molecule has 2 rings (SSSR count). The average Bonchev–Trinajstić information content (AvgIpc) is 2.46. The van der Waals surface area contributed by atoms with E-state index in [4.69, 9.17) is 32.7 Å². The molecule has 2 aromatic carbocycles. The predicted molar refractivity (Wildman–Crippen MR) is 85.2 cm³/mol. The number of carboxylic acids is 1. The number of aliphatic carboxylic acids is 1. The molecule has 0 fully saturated rings. The van der Waals surface area contributed by atoms with E-state index in [1.165, 1.54) is 0 Å². The van der Waals surface area contributed by atoms with Crippen LogP contribution in [0.5, 0.6) is 11.5 Å². The molecule has 1 atom stereocenters. The van der Waals surface area contributed by atoms with Crippen LogP contribution in [0.25, 0.3) is 0 Å². The van der Waals surface area contributed by atoms with Crippen molar-refractivity contribution in [3.8, 4) is 11.5 Å². The van der Waals surface area contributed by atoms with Gasteiger partial charge in [0, 0.05) is 16.5 Å². The van der Waals surface area contributed by atoms with Crippen LogP contribution in [0.1, 0.15) is 5.56 Å². The number of rotatable bonds is 6. The van der Waals surface area contributed by atoms with E-state index in [-0.39, 0.29) is 6.42 Å². The first-order valence-electron chi connectivity index (χ1n) is 6.46. The molecule has 0 radical (unpaired) electrons. The average molecular weight is 341 g/mol. The molecule has 0 aromatic heterocycles. The standard InChI is InChI=1S/C16H14Cl2O4/c1-21-13-2-4-14(5-3-13)22-15(16(19)20)8-10-6-11(17)9-12(18)7-10/h2-7,9,15H,8H2,1H3,(H,19,20)/t15-/m1/s1. The number of carboxylic acid groups (broad SMARTS) is 1. The lowest BCUT2D eigenvalue weighted by molar-refractivity contribution is -0.145. The Morgan fingerprint density at radius 3 is 2.14 bits per heavy atom. The predicted octanol–water partition coefficient (Wildman–Crippen LogP) is 4.08. The Kier molecular flexibility index (Phi) is 5.52. The van der Waals surface area contributed by atoms with Crippen molar-refractivity contribution in [1.82, 2.24) is 0 Å². The minimum Gasteiger partial charge on any atom is -0.497 e. The minimum atomic E-state index is -1.06. The Bertz CT molecular complexity index is 635. The van der Waals surface area contributed by atoms with Gasteiger partial charge in [-0.05, 0) is 48.0 Å². The van der Waals surface area contributed by atoms with E-state index >= 15 is 0 Å². The van der Waals surface area contributed by atoms with Gasteiger partial charge in [-0.2, -0.15) is 0 Å². The second-order valence-corrected chi connectivity index (χ2v) is 5.47. The van der Waals surface area contributed by atoms with Gasteiger partial charge < -0.3 is 14.6 Å². The van der Waals surface area contributed by atoms with Crippen LogP contribution < -0.4 is 9.47 Å². The fourth-order valence-electron chi connectivity index (χ4n) is 1.94. The third-order valence-electron chi connectivity index (χ3n) is 2.96. The number of hydrogen-bond donors (Lipinski definition) is 1. The van der Waals surface area contributed by atoms with Crippen molar-refractivity contribution in [3.63, 3.8) is 0 Å². The van der Waals surface area contributed by atoms with Crippen LogP contribution in [0.3, 0.4) is 0 Å². The van der Waals surface area contributed by atoms with Crippen LogP contribution in [0, 0.1) is 0 Å². The molecule has 116 valence electrons. The molecular formula is C16H14Cl2O4. The highest BCUT2D eigenvalue weighted by atomic mass is 35.5. The molecule has 0 spiro atoms. The molecule has 0 saturated heterocycles. The summed E-state index contributed by atoms with van der Waals surface area (Å²) in [6, 6.07) is 11.6. The van der Waals surface area contributed by atoms with Gasteiger partial charge in [-0.1, -0.05) is 23.2 Å². The molecule has 0 aliphatic heterocycles. The van der Waals surface area contributed by atoms with Crippen molar-refractivity contribution in [2.45, 2.75) is 12.5 Å². The summed E-state index contributed by atoms with van der Waals surface area (Å²) in [5.41, 5.74) is 0.693. The maximum absolute atomic E-state index is 11.4. The molecule has 22 heavy (non-hydrogen) atoms. The van der Waals surface area contributed by atoms with E-state index in [0.717, 1.165) is 0 Å². The summed E-state index contributed by atoms with van der Waals surface area (Å²) in [6.45, 7) is 0. The summed E-state index contributed by atoms with van der Waals surface area (Å²) >= 11 is 11.8. The van der Waals surface area contributed by atoms with Crippen molar-refractivity contribution < 1.29 is 19.4 Å². The van der Waals surface area contributed by atoms with Crippen molar-refractivity contribution in [2.24, 2.45) is 0 Å². The quantitative estimate of drug-likeness (QED) is 0.860. The van der Waals surface area contributed by atoms with Gasteiger partial charge in [0.2, 0.25) is 0 Å². The van der Waals surface area contributed by atoms with Gasteiger partial charge in [0.05, 0.1) is 7.11 Å². The van der Waals surface area contributed by atoms with Crippen LogP contribution in [0.2, 0.25) is 10.0 Å². The lowest BCUT2D eigenvalue weighted by atomic mass is 10.1. The Hall–Kier alpha value is -1.91. The van der Waals surface area contributed by atoms with Crippen LogP contribution in [-0.4, -0.2) is 24.3 Å². The minimum absolute atomic E-state index is 0.154. The third-order valence-corrected chi connectivity index (χ3v) is 3.39. The van der Waals surface area contributed by atoms with Crippen LogP contribution in [0.15, 0.2) is 42.5 Å². The zero-order valence-electron chi connectivity index (χ0n) is 11.8. The lowest BCUT2D eigenvalue weighted by Crippen LogP contribution is -2.29. The monoisotopic (exact) mass is 340 g/mol. The number of carbonyl (C=O) groups is 1. The first kappa shape index (κ1) is 16.5. The molecule has 0 aliphatic rings. The topological polar surface area (TPSA) is 55.8 Å². The van der Waals surface area contributed by atoms with Gasteiger partial charge in [-0.15, -0.1) is 0 Å². The van der Waals surface area contributed by atoms with Gasteiger partial charge >= 0.3 is 5.97 Å². The Labute approximate surface area is 138 Å². The second kappa shape index (κ2) is 7.38. The van der Waals surface area contributed by atoms with E-state index in [1.54, 1.807) is 49.6 Å². The summed E-state index contributed by atoms with van der Waals surface area (Å²) < 4.78 is 10.6.